The lowest BCUT2D eigenvalue weighted by molar-refractivity contribution is 0.0333. The molecule has 1 rings (SSSR count). The van der Waals surface area contributed by atoms with Crippen molar-refractivity contribution in [2.45, 2.75) is 18.6 Å². The van der Waals surface area contributed by atoms with Gasteiger partial charge in [0.2, 0.25) is 0 Å². The summed E-state index contributed by atoms with van der Waals surface area (Å²) in [6.45, 7) is 1.56. The summed E-state index contributed by atoms with van der Waals surface area (Å²) < 4.78 is 4.95. The quantitative estimate of drug-likeness (QED) is 0.725. The van der Waals surface area contributed by atoms with Crippen LogP contribution in [0.15, 0.2) is 30.3 Å². The third kappa shape index (κ3) is 4.74. The highest BCUT2D eigenvalue weighted by Crippen LogP contribution is 2.22. The van der Waals surface area contributed by atoms with Gasteiger partial charge in [0.05, 0.1) is 12.7 Å². The Morgan fingerprint density at radius 3 is 2.56 bits per heavy atom. The summed E-state index contributed by atoms with van der Waals surface area (Å²) in [5.74, 6) is 0. The minimum Gasteiger partial charge on any atom is -0.389 e. The van der Waals surface area contributed by atoms with E-state index >= 15 is 0 Å². The second-order valence-corrected chi connectivity index (χ2v) is 4.55. The van der Waals surface area contributed by atoms with Crippen molar-refractivity contribution in [1.82, 2.24) is 4.90 Å². The van der Waals surface area contributed by atoms with Crippen LogP contribution in [-0.2, 0) is 4.74 Å². The van der Waals surface area contributed by atoms with Crippen LogP contribution in [0.1, 0.15) is 18.0 Å². The fourth-order valence-electron chi connectivity index (χ4n) is 2.18. The minimum atomic E-state index is -0.469. The van der Waals surface area contributed by atoms with E-state index in [2.05, 4.69) is 17.0 Å². The molecule has 4 heteroatoms. The highest BCUT2D eigenvalue weighted by molar-refractivity contribution is 5.19. The van der Waals surface area contributed by atoms with Gasteiger partial charge in [0.25, 0.3) is 0 Å². The van der Waals surface area contributed by atoms with Crippen LogP contribution in [-0.4, -0.2) is 50.0 Å². The molecule has 1 aromatic rings. The molecule has 0 amide bonds. The van der Waals surface area contributed by atoms with E-state index in [1.165, 1.54) is 5.56 Å². The fraction of sp³-hybridized carbons (Fsp3) is 0.571. The largest absolute Gasteiger partial charge is 0.389 e. The number of rotatable bonds is 8. The van der Waals surface area contributed by atoms with Crippen LogP contribution in [0.5, 0.6) is 0 Å². The molecule has 0 spiro atoms. The van der Waals surface area contributed by atoms with Crippen LogP contribution in [0, 0.1) is 0 Å². The van der Waals surface area contributed by atoms with Crippen molar-refractivity contribution < 1.29 is 9.84 Å². The molecule has 2 atom stereocenters. The average Bonchev–Trinajstić information content (AvgIpc) is 2.37. The summed E-state index contributed by atoms with van der Waals surface area (Å²) >= 11 is 0. The normalized spacial score (nSPS) is 14.7. The maximum Gasteiger partial charge on any atom is 0.0900 e. The molecule has 0 aromatic heterocycles. The standard InChI is InChI=1S/C14H24N2O2/c1-16(10-13(17)11-18-2)14(8-9-15)12-6-4-3-5-7-12/h3-7,13-14,17H,8-11,15H2,1-2H3. The Morgan fingerprint density at radius 1 is 1.33 bits per heavy atom. The van der Waals surface area contributed by atoms with Crippen LogP contribution < -0.4 is 5.73 Å². The number of methoxy groups -OCH3 is 1. The molecular weight excluding hydrogens is 228 g/mol. The zero-order valence-electron chi connectivity index (χ0n) is 11.2. The van der Waals surface area contributed by atoms with Gasteiger partial charge in [0.1, 0.15) is 0 Å². The number of ether oxygens (including phenoxy) is 1. The molecule has 0 fully saturated rings. The molecule has 4 nitrogen and oxygen atoms in total. The molecule has 0 heterocycles. The van der Waals surface area contributed by atoms with Gasteiger partial charge in [-0.2, -0.15) is 0 Å². The van der Waals surface area contributed by atoms with Crippen LogP contribution >= 0.6 is 0 Å². The maximum atomic E-state index is 9.79. The van der Waals surface area contributed by atoms with Crippen molar-refractivity contribution in [3.8, 4) is 0 Å². The third-order valence-corrected chi connectivity index (χ3v) is 3.01. The van der Waals surface area contributed by atoms with Crippen molar-refractivity contribution in [3.63, 3.8) is 0 Å². The number of likely N-dealkylation sites (N-methyl/N-ethyl adjacent to an activating group) is 1. The van der Waals surface area contributed by atoms with Crippen molar-refractivity contribution in [1.29, 1.82) is 0 Å². The molecule has 2 unspecified atom stereocenters. The molecule has 0 radical (unpaired) electrons. The van der Waals surface area contributed by atoms with Crippen LogP contribution in [0.2, 0.25) is 0 Å². The summed E-state index contributed by atoms with van der Waals surface area (Å²) in [6.07, 6.45) is 0.407. The van der Waals surface area contributed by atoms with E-state index in [0.29, 0.717) is 19.7 Å². The third-order valence-electron chi connectivity index (χ3n) is 3.01. The lowest BCUT2D eigenvalue weighted by Crippen LogP contribution is -2.35. The fourth-order valence-corrected chi connectivity index (χ4v) is 2.18. The monoisotopic (exact) mass is 252 g/mol. The molecule has 18 heavy (non-hydrogen) atoms. The SMILES string of the molecule is COCC(O)CN(C)C(CCN)c1ccccc1. The summed E-state index contributed by atoms with van der Waals surface area (Å²) in [5.41, 5.74) is 6.91. The molecule has 0 aliphatic carbocycles. The van der Waals surface area contributed by atoms with Gasteiger partial charge < -0.3 is 15.6 Å². The van der Waals surface area contributed by atoms with Gasteiger partial charge in [-0.05, 0) is 25.6 Å². The first kappa shape index (κ1) is 15.1. The maximum absolute atomic E-state index is 9.79. The van der Waals surface area contributed by atoms with Crippen molar-refractivity contribution in [2.75, 3.05) is 33.9 Å². The van der Waals surface area contributed by atoms with Gasteiger partial charge >= 0.3 is 0 Å². The van der Waals surface area contributed by atoms with E-state index in [9.17, 15) is 5.11 Å². The van der Waals surface area contributed by atoms with Gasteiger partial charge in [0, 0.05) is 19.7 Å². The molecule has 1 aromatic carbocycles. The zero-order valence-corrected chi connectivity index (χ0v) is 11.2. The van der Waals surface area contributed by atoms with Crippen LogP contribution in [0.4, 0.5) is 0 Å². The molecule has 3 N–H and O–H groups in total. The minimum absolute atomic E-state index is 0.239. The van der Waals surface area contributed by atoms with Gasteiger partial charge in [-0.3, -0.25) is 4.90 Å². The Kier molecular flexibility index (Phi) is 6.90. The Morgan fingerprint density at radius 2 is 2.00 bits per heavy atom. The topological polar surface area (TPSA) is 58.7 Å². The molecule has 0 saturated carbocycles. The predicted molar refractivity (Wildman–Crippen MR) is 73.4 cm³/mol. The molecule has 0 saturated heterocycles. The van der Waals surface area contributed by atoms with Crippen LogP contribution in [0.3, 0.4) is 0 Å². The molecule has 0 aliphatic rings. The smallest absolute Gasteiger partial charge is 0.0900 e. The van der Waals surface area contributed by atoms with Gasteiger partial charge in [-0.1, -0.05) is 30.3 Å². The lowest BCUT2D eigenvalue weighted by Gasteiger charge is -2.29. The van der Waals surface area contributed by atoms with E-state index in [4.69, 9.17) is 10.5 Å². The first-order chi connectivity index (χ1) is 8.69. The zero-order chi connectivity index (χ0) is 13.4. The molecule has 0 aliphatic heterocycles. The molecular formula is C14H24N2O2. The second-order valence-electron chi connectivity index (χ2n) is 4.55. The Labute approximate surface area is 109 Å². The Bertz CT molecular complexity index is 319. The summed E-state index contributed by atoms with van der Waals surface area (Å²) in [5, 5.41) is 9.79. The van der Waals surface area contributed by atoms with Gasteiger partial charge in [-0.15, -0.1) is 0 Å². The lowest BCUT2D eigenvalue weighted by atomic mass is 10.0. The number of benzene rings is 1. The Balaban J connectivity index is 2.66. The van der Waals surface area contributed by atoms with Crippen molar-refractivity contribution in [3.05, 3.63) is 35.9 Å². The molecule has 102 valence electrons. The number of aliphatic hydroxyl groups is 1. The average molecular weight is 252 g/mol. The van der Waals surface area contributed by atoms with Crippen molar-refractivity contribution >= 4 is 0 Å². The Hall–Kier alpha value is -0.940. The summed E-state index contributed by atoms with van der Waals surface area (Å²) in [7, 11) is 3.60. The van der Waals surface area contributed by atoms with E-state index in [-0.39, 0.29) is 6.04 Å². The molecule has 0 bridgehead atoms. The summed E-state index contributed by atoms with van der Waals surface area (Å²) in [6, 6.07) is 10.5. The number of hydrogen-bond donors (Lipinski definition) is 2. The van der Waals surface area contributed by atoms with Gasteiger partial charge in [-0.25, -0.2) is 0 Å². The number of nitrogens with zero attached hydrogens (tertiary/aromatic N) is 1. The van der Waals surface area contributed by atoms with Crippen molar-refractivity contribution in [2.24, 2.45) is 5.73 Å². The van der Waals surface area contributed by atoms with E-state index in [0.717, 1.165) is 6.42 Å². The van der Waals surface area contributed by atoms with Gasteiger partial charge in [0.15, 0.2) is 0 Å². The van der Waals surface area contributed by atoms with E-state index in [1.54, 1.807) is 7.11 Å². The van der Waals surface area contributed by atoms with E-state index in [1.807, 2.05) is 25.2 Å². The second kappa shape index (κ2) is 8.21. The number of hydrogen-bond acceptors (Lipinski definition) is 4. The first-order valence-electron chi connectivity index (χ1n) is 6.31. The highest BCUT2D eigenvalue weighted by atomic mass is 16.5. The van der Waals surface area contributed by atoms with E-state index < -0.39 is 6.10 Å². The predicted octanol–water partition coefficient (Wildman–Crippen LogP) is 1.02. The highest BCUT2D eigenvalue weighted by Gasteiger charge is 2.18. The number of nitrogens with two attached hydrogens (primary N) is 1. The van der Waals surface area contributed by atoms with Crippen LogP contribution in [0.25, 0.3) is 0 Å². The summed E-state index contributed by atoms with van der Waals surface area (Å²) in [4.78, 5) is 2.13. The number of aliphatic hydroxyl groups excluding tert-OH is 1. The first-order valence-corrected chi connectivity index (χ1v) is 6.31.